The predicted molar refractivity (Wildman–Crippen MR) is 63.3 cm³/mol. The van der Waals surface area contributed by atoms with Crippen molar-refractivity contribution in [3.05, 3.63) is 29.3 Å². The molecule has 0 aliphatic heterocycles. The van der Waals surface area contributed by atoms with Crippen LogP contribution >= 0.6 is 0 Å². The highest BCUT2D eigenvalue weighted by atomic mass is 32.2. The molecule has 0 fully saturated rings. The number of hydrogen-bond acceptors (Lipinski definition) is 4. The van der Waals surface area contributed by atoms with Gasteiger partial charge in [-0.2, -0.15) is 0 Å². The monoisotopic (exact) mass is 258 g/mol. The average Bonchev–Trinajstić information content (AvgIpc) is 2.18. The standard InChI is InChI=1S/C11H14O5S/c1-8-3-4-10(9(7-8)11(12)13)16-5-6-17(2,14)15/h3-4,7H,5-6H2,1-2H3,(H,12,13). The van der Waals surface area contributed by atoms with Gasteiger partial charge in [0.15, 0.2) is 9.84 Å². The lowest BCUT2D eigenvalue weighted by atomic mass is 10.1. The van der Waals surface area contributed by atoms with Gasteiger partial charge in [0.1, 0.15) is 17.9 Å². The first-order valence-electron chi connectivity index (χ1n) is 4.94. The molecule has 6 heteroatoms. The highest BCUT2D eigenvalue weighted by molar-refractivity contribution is 7.90. The topological polar surface area (TPSA) is 80.7 Å². The van der Waals surface area contributed by atoms with Crippen LogP contribution in [0.4, 0.5) is 0 Å². The Kier molecular flexibility index (Phi) is 4.11. The quantitative estimate of drug-likeness (QED) is 0.855. The number of ether oxygens (including phenoxy) is 1. The number of carboxylic acid groups (broad SMARTS) is 1. The van der Waals surface area contributed by atoms with Crippen molar-refractivity contribution in [2.45, 2.75) is 6.92 Å². The van der Waals surface area contributed by atoms with Crippen molar-refractivity contribution in [2.24, 2.45) is 0 Å². The smallest absolute Gasteiger partial charge is 0.339 e. The fourth-order valence-electron chi connectivity index (χ4n) is 1.24. The summed E-state index contributed by atoms with van der Waals surface area (Å²) in [6.07, 6.45) is 1.10. The summed E-state index contributed by atoms with van der Waals surface area (Å²) in [5.74, 6) is -1.05. The minimum atomic E-state index is -3.11. The van der Waals surface area contributed by atoms with Gasteiger partial charge in [-0.15, -0.1) is 0 Å². The number of rotatable bonds is 5. The minimum absolute atomic E-state index is 0.0403. The van der Waals surface area contributed by atoms with Gasteiger partial charge in [0.2, 0.25) is 0 Å². The molecule has 0 amide bonds. The van der Waals surface area contributed by atoms with E-state index < -0.39 is 15.8 Å². The second-order valence-electron chi connectivity index (χ2n) is 3.78. The van der Waals surface area contributed by atoms with Crippen LogP contribution in [0.2, 0.25) is 0 Å². The Balaban J connectivity index is 2.81. The molecule has 0 spiro atoms. The summed E-state index contributed by atoms with van der Waals surface area (Å²) in [5.41, 5.74) is 0.844. The summed E-state index contributed by atoms with van der Waals surface area (Å²) in [4.78, 5) is 10.9. The Labute approximate surface area is 100.0 Å². The summed E-state index contributed by atoms with van der Waals surface area (Å²) >= 11 is 0. The molecule has 0 radical (unpaired) electrons. The van der Waals surface area contributed by atoms with Crippen molar-refractivity contribution in [3.8, 4) is 5.75 Å². The third kappa shape index (κ3) is 4.44. The summed E-state index contributed by atoms with van der Waals surface area (Å²) in [7, 11) is -3.11. The van der Waals surface area contributed by atoms with E-state index in [1.807, 2.05) is 0 Å². The molecule has 0 saturated carbocycles. The van der Waals surface area contributed by atoms with Crippen LogP contribution in [-0.2, 0) is 9.84 Å². The predicted octanol–water partition coefficient (Wildman–Crippen LogP) is 1.12. The third-order valence-electron chi connectivity index (χ3n) is 2.08. The van der Waals surface area contributed by atoms with Crippen LogP contribution in [-0.4, -0.2) is 38.1 Å². The second-order valence-corrected chi connectivity index (χ2v) is 6.04. The molecule has 5 nitrogen and oxygen atoms in total. The molecule has 0 bridgehead atoms. The number of aryl methyl sites for hydroxylation is 1. The number of sulfone groups is 1. The molecule has 1 N–H and O–H groups in total. The van der Waals surface area contributed by atoms with Gasteiger partial charge < -0.3 is 9.84 Å². The van der Waals surface area contributed by atoms with E-state index in [-0.39, 0.29) is 23.7 Å². The van der Waals surface area contributed by atoms with E-state index in [2.05, 4.69) is 0 Å². The highest BCUT2D eigenvalue weighted by Crippen LogP contribution is 2.19. The Morgan fingerprint density at radius 3 is 2.59 bits per heavy atom. The normalized spacial score (nSPS) is 11.2. The maximum Gasteiger partial charge on any atom is 0.339 e. The van der Waals surface area contributed by atoms with E-state index in [4.69, 9.17) is 9.84 Å². The zero-order chi connectivity index (χ0) is 13.1. The largest absolute Gasteiger partial charge is 0.492 e. The molecule has 1 aromatic carbocycles. The van der Waals surface area contributed by atoms with Gasteiger partial charge in [-0.05, 0) is 19.1 Å². The van der Waals surface area contributed by atoms with E-state index in [9.17, 15) is 13.2 Å². The van der Waals surface area contributed by atoms with Gasteiger partial charge in [-0.3, -0.25) is 0 Å². The van der Waals surface area contributed by atoms with Crippen LogP contribution in [0, 0.1) is 6.92 Å². The molecule has 0 unspecified atom stereocenters. The van der Waals surface area contributed by atoms with E-state index in [1.54, 1.807) is 13.0 Å². The zero-order valence-corrected chi connectivity index (χ0v) is 10.5. The molecule has 1 aromatic rings. The maximum atomic E-state index is 10.9. The number of carbonyl (C=O) groups is 1. The second kappa shape index (κ2) is 5.18. The third-order valence-corrected chi connectivity index (χ3v) is 2.99. The van der Waals surface area contributed by atoms with Crippen molar-refractivity contribution >= 4 is 15.8 Å². The summed E-state index contributed by atoms with van der Waals surface area (Å²) in [5, 5.41) is 8.95. The number of aromatic carboxylic acids is 1. The molecule has 0 aliphatic rings. The number of carboxylic acids is 1. The number of hydrogen-bond donors (Lipinski definition) is 1. The van der Waals surface area contributed by atoms with Gasteiger partial charge in [0.25, 0.3) is 0 Å². The molecule has 0 heterocycles. The lowest BCUT2D eigenvalue weighted by Gasteiger charge is -2.09. The first-order chi connectivity index (χ1) is 7.79. The first kappa shape index (κ1) is 13.5. The zero-order valence-electron chi connectivity index (χ0n) is 9.63. The molecule has 0 aliphatic carbocycles. The molecule has 17 heavy (non-hydrogen) atoms. The first-order valence-corrected chi connectivity index (χ1v) is 7.00. The molecule has 94 valence electrons. The van der Waals surface area contributed by atoms with Crippen LogP contribution in [0.5, 0.6) is 5.75 Å². The lowest BCUT2D eigenvalue weighted by Crippen LogP contribution is -2.13. The van der Waals surface area contributed by atoms with Gasteiger partial charge in [0.05, 0.1) is 5.75 Å². The summed E-state index contributed by atoms with van der Waals surface area (Å²) in [6, 6.07) is 4.72. The Hall–Kier alpha value is -1.56. The van der Waals surface area contributed by atoms with Crippen molar-refractivity contribution < 1.29 is 23.1 Å². The molecular formula is C11H14O5S. The van der Waals surface area contributed by atoms with Crippen LogP contribution in [0.1, 0.15) is 15.9 Å². The van der Waals surface area contributed by atoms with Crippen molar-refractivity contribution in [3.63, 3.8) is 0 Å². The van der Waals surface area contributed by atoms with Crippen molar-refractivity contribution in [2.75, 3.05) is 18.6 Å². The van der Waals surface area contributed by atoms with Gasteiger partial charge in [-0.25, -0.2) is 13.2 Å². The molecule has 1 rings (SSSR count). The van der Waals surface area contributed by atoms with E-state index in [0.717, 1.165) is 11.8 Å². The SMILES string of the molecule is Cc1ccc(OCCS(C)(=O)=O)c(C(=O)O)c1. The van der Waals surface area contributed by atoms with Crippen LogP contribution < -0.4 is 4.74 Å². The van der Waals surface area contributed by atoms with E-state index >= 15 is 0 Å². The molecule has 0 saturated heterocycles. The minimum Gasteiger partial charge on any atom is -0.492 e. The highest BCUT2D eigenvalue weighted by Gasteiger charge is 2.12. The van der Waals surface area contributed by atoms with Crippen LogP contribution in [0.25, 0.3) is 0 Å². The molecular weight excluding hydrogens is 244 g/mol. The fraction of sp³-hybridized carbons (Fsp3) is 0.364. The van der Waals surface area contributed by atoms with E-state index in [1.165, 1.54) is 12.1 Å². The van der Waals surface area contributed by atoms with Crippen LogP contribution in [0.3, 0.4) is 0 Å². The number of benzene rings is 1. The Bertz CT molecular complexity index is 519. The van der Waals surface area contributed by atoms with Gasteiger partial charge >= 0.3 is 5.97 Å². The van der Waals surface area contributed by atoms with E-state index in [0.29, 0.717) is 0 Å². The summed E-state index contributed by atoms with van der Waals surface area (Å²) < 4.78 is 27.0. The fourth-order valence-corrected chi connectivity index (χ4v) is 1.63. The van der Waals surface area contributed by atoms with Crippen molar-refractivity contribution in [1.29, 1.82) is 0 Å². The average molecular weight is 258 g/mol. The summed E-state index contributed by atoms with van der Waals surface area (Å²) in [6.45, 7) is 1.72. The van der Waals surface area contributed by atoms with Crippen molar-refractivity contribution in [1.82, 2.24) is 0 Å². The van der Waals surface area contributed by atoms with Gasteiger partial charge in [0, 0.05) is 6.26 Å². The molecule has 0 aromatic heterocycles. The maximum absolute atomic E-state index is 10.9. The van der Waals surface area contributed by atoms with Crippen LogP contribution in [0.15, 0.2) is 18.2 Å². The van der Waals surface area contributed by atoms with Gasteiger partial charge in [-0.1, -0.05) is 11.6 Å². The lowest BCUT2D eigenvalue weighted by molar-refractivity contribution is 0.0692. The Morgan fingerprint density at radius 1 is 1.41 bits per heavy atom. The Morgan fingerprint density at radius 2 is 2.06 bits per heavy atom. The molecule has 0 atom stereocenters.